The zero-order valence-corrected chi connectivity index (χ0v) is 9.56. The van der Waals surface area contributed by atoms with Gasteiger partial charge in [0.1, 0.15) is 6.20 Å². The summed E-state index contributed by atoms with van der Waals surface area (Å²) in [4.78, 5) is 5.47. The molecule has 2 heterocycles. The molecule has 0 aliphatic carbocycles. The third kappa shape index (κ3) is 1.92. The molecular formula is C9H10ClN5O. The summed E-state index contributed by atoms with van der Waals surface area (Å²) < 4.78 is 4.92. The molecule has 0 amide bonds. The van der Waals surface area contributed by atoms with Gasteiger partial charge in [0.25, 0.3) is 5.88 Å². The molecular weight excluding hydrogens is 230 g/mol. The zero-order chi connectivity index (χ0) is 11.5. The first kappa shape index (κ1) is 10.7. The van der Waals surface area contributed by atoms with E-state index in [1.807, 2.05) is 0 Å². The van der Waals surface area contributed by atoms with Crippen LogP contribution in [0.15, 0.2) is 18.5 Å². The molecule has 7 heteroatoms. The summed E-state index contributed by atoms with van der Waals surface area (Å²) in [7, 11) is 3.32. The van der Waals surface area contributed by atoms with Gasteiger partial charge in [-0.2, -0.15) is 5.10 Å². The Morgan fingerprint density at radius 3 is 2.81 bits per heavy atom. The predicted molar refractivity (Wildman–Crippen MR) is 60.3 cm³/mol. The van der Waals surface area contributed by atoms with Crippen molar-refractivity contribution in [3.8, 4) is 11.7 Å². The van der Waals surface area contributed by atoms with E-state index in [9.17, 15) is 0 Å². The summed E-state index contributed by atoms with van der Waals surface area (Å²) in [6.07, 6.45) is 3.14. The first-order chi connectivity index (χ1) is 7.74. The van der Waals surface area contributed by atoms with Gasteiger partial charge in [-0.25, -0.2) is 4.98 Å². The molecule has 0 saturated carbocycles. The number of ether oxygens (including phenoxy) is 1. The van der Waals surface area contributed by atoms with Crippen LogP contribution in [0.1, 0.15) is 0 Å². The Morgan fingerprint density at radius 1 is 1.44 bits per heavy atom. The van der Waals surface area contributed by atoms with Crippen LogP contribution < -0.4 is 10.1 Å². The fraction of sp³-hybridized carbons (Fsp3) is 0.222. The van der Waals surface area contributed by atoms with Crippen molar-refractivity contribution < 1.29 is 4.74 Å². The molecule has 0 saturated heterocycles. The Hall–Kier alpha value is -1.82. The maximum absolute atomic E-state index is 6.05. The van der Waals surface area contributed by atoms with Crippen molar-refractivity contribution in [3.05, 3.63) is 23.5 Å². The third-order valence-electron chi connectivity index (χ3n) is 1.98. The summed E-state index contributed by atoms with van der Waals surface area (Å²) >= 11 is 6.05. The smallest absolute Gasteiger partial charge is 0.253 e. The van der Waals surface area contributed by atoms with Crippen LogP contribution in [0.4, 0.5) is 5.69 Å². The predicted octanol–water partition coefficient (Wildman–Crippen LogP) is 1.37. The summed E-state index contributed by atoms with van der Waals surface area (Å²) in [5.74, 6) is 0.875. The number of pyridine rings is 1. The lowest BCUT2D eigenvalue weighted by atomic mass is 10.4. The van der Waals surface area contributed by atoms with Crippen molar-refractivity contribution in [1.82, 2.24) is 20.0 Å². The van der Waals surface area contributed by atoms with Crippen LogP contribution in [0.5, 0.6) is 5.88 Å². The second-order valence-electron chi connectivity index (χ2n) is 2.96. The summed E-state index contributed by atoms with van der Waals surface area (Å²) in [6, 6.07) is 1.75. The Bertz CT molecular complexity index is 498. The van der Waals surface area contributed by atoms with Crippen LogP contribution in [-0.4, -0.2) is 34.1 Å². The lowest BCUT2D eigenvalue weighted by molar-refractivity contribution is 0.394. The molecule has 2 aromatic rings. The van der Waals surface area contributed by atoms with Gasteiger partial charge in [-0.3, -0.25) is 0 Å². The number of nitrogens with one attached hydrogen (secondary N) is 1. The lowest BCUT2D eigenvalue weighted by Crippen LogP contribution is -2.03. The maximum atomic E-state index is 6.05. The third-order valence-corrected chi connectivity index (χ3v) is 2.26. The van der Waals surface area contributed by atoms with Crippen molar-refractivity contribution in [3.63, 3.8) is 0 Å². The first-order valence-electron chi connectivity index (χ1n) is 4.54. The summed E-state index contributed by atoms with van der Waals surface area (Å²) in [5, 5.41) is 11.4. The minimum Gasteiger partial charge on any atom is -0.479 e. The van der Waals surface area contributed by atoms with Crippen molar-refractivity contribution in [2.24, 2.45) is 0 Å². The lowest BCUT2D eigenvalue weighted by Gasteiger charge is -2.04. The minimum atomic E-state index is 0.413. The van der Waals surface area contributed by atoms with E-state index in [1.54, 1.807) is 19.3 Å². The van der Waals surface area contributed by atoms with Gasteiger partial charge in [0.2, 0.25) is 0 Å². The van der Waals surface area contributed by atoms with Crippen molar-refractivity contribution in [1.29, 1.82) is 0 Å². The van der Waals surface area contributed by atoms with Gasteiger partial charge in [-0.15, -0.1) is 9.90 Å². The van der Waals surface area contributed by atoms with E-state index < -0.39 is 0 Å². The van der Waals surface area contributed by atoms with Gasteiger partial charge in [0.05, 0.1) is 24.0 Å². The molecule has 0 aromatic carbocycles. The highest BCUT2D eigenvalue weighted by molar-refractivity contribution is 6.32. The molecule has 1 N–H and O–H groups in total. The normalized spacial score (nSPS) is 10.2. The van der Waals surface area contributed by atoms with Gasteiger partial charge in [-0.05, 0) is 6.07 Å². The Kier molecular flexibility index (Phi) is 2.91. The fourth-order valence-corrected chi connectivity index (χ4v) is 1.40. The minimum absolute atomic E-state index is 0.413. The van der Waals surface area contributed by atoms with Crippen molar-refractivity contribution >= 4 is 17.3 Å². The van der Waals surface area contributed by atoms with Crippen molar-refractivity contribution in [2.45, 2.75) is 0 Å². The van der Waals surface area contributed by atoms with Gasteiger partial charge in [0, 0.05) is 7.05 Å². The molecule has 0 unspecified atom stereocenters. The van der Waals surface area contributed by atoms with E-state index in [0.29, 0.717) is 16.7 Å². The number of rotatable bonds is 3. The molecule has 2 aromatic heterocycles. The highest BCUT2D eigenvalue weighted by atomic mass is 35.5. The molecule has 0 bridgehead atoms. The topological polar surface area (TPSA) is 64.9 Å². The molecule has 0 spiro atoms. The quantitative estimate of drug-likeness (QED) is 0.876. The zero-order valence-electron chi connectivity index (χ0n) is 8.81. The molecule has 84 valence electrons. The molecule has 0 atom stereocenters. The highest BCUT2D eigenvalue weighted by Crippen LogP contribution is 2.20. The fourth-order valence-electron chi connectivity index (χ4n) is 1.16. The maximum Gasteiger partial charge on any atom is 0.253 e. The molecule has 2 rings (SSSR count). The average Bonchev–Trinajstić information content (AvgIpc) is 2.77. The van der Waals surface area contributed by atoms with E-state index >= 15 is 0 Å². The Morgan fingerprint density at radius 2 is 2.25 bits per heavy atom. The van der Waals surface area contributed by atoms with Gasteiger partial charge in [-0.1, -0.05) is 11.6 Å². The van der Waals surface area contributed by atoms with Crippen LogP contribution in [0, 0.1) is 0 Å². The van der Waals surface area contributed by atoms with Gasteiger partial charge in [0.15, 0.2) is 5.82 Å². The summed E-state index contributed by atoms with van der Waals surface area (Å²) in [5.41, 5.74) is 0.827. The second-order valence-corrected chi connectivity index (χ2v) is 3.36. The largest absolute Gasteiger partial charge is 0.479 e. The molecule has 0 radical (unpaired) electrons. The average molecular weight is 240 g/mol. The first-order valence-corrected chi connectivity index (χ1v) is 4.92. The number of aromatic nitrogens is 4. The SMILES string of the molecule is CNc1cnc(-n2ncc(OC)n2)c(Cl)c1. The number of anilines is 1. The molecule has 0 aliphatic heterocycles. The number of hydrogen-bond acceptors (Lipinski definition) is 5. The second kappa shape index (κ2) is 4.36. The number of halogens is 1. The van der Waals surface area contributed by atoms with Crippen LogP contribution in [0.25, 0.3) is 5.82 Å². The van der Waals surface area contributed by atoms with Crippen molar-refractivity contribution in [2.75, 3.05) is 19.5 Å². The molecule has 16 heavy (non-hydrogen) atoms. The van der Waals surface area contributed by atoms with E-state index in [4.69, 9.17) is 16.3 Å². The van der Waals surface area contributed by atoms with Crippen LogP contribution in [0.2, 0.25) is 5.02 Å². The van der Waals surface area contributed by atoms with Gasteiger partial charge < -0.3 is 10.1 Å². The van der Waals surface area contributed by atoms with Crippen LogP contribution in [-0.2, 0) is 0 Å². The molecule has 0 aliphatic rings. The van der Waals surface area contributed by atoms with E-state index in [0.717, 1.165) is 5.69 Å². The van der Waals surface area contributed by atoms with E-state index in [1.165, 1.54) is 18.1 Å². The van der Waals surface area contributed by atoms with E-state index in [2.05, 4.69) is 20.5 Å². The number of hydrogen-bond donors (Lipinski definition) is 1. The van der Waals surface area contributed by atoms with Crippen LogP contribution >= 0.6 is 11.6 Å². The highest BCUT2D eigenvalue weighted by Gasteiger charge is 2.08. The summed E-state index contributed by atoms with van der Waals surface area (Å²) in [6.45, 7) is 0. The Balaban J connectivity index is 2.40. The monoisotopic (exact) mass is 239 g/mol. The molecule has 6 nitrogen and oxygen atoms in total. The number of methoxy groups -OCH3 is 1. The van der Waals surface area contributed by atoms with Gasteiger partial charge >= 0.3 is 0 Å². The Labute approximate surface area is 97.2 Å². The standard InChI is InChI=1S/C9H10ClN5O/c1-11-6-3-7(10)9(12-4-6)15-13-5-8(14-15)16-2/h3-5,11H,1-2H3. The van der Waals surface area contributed by atoms with Crippen LogP contribution in [0.3, 0.4) is 0 Å². The molecule has 0 fully saturated rings. The number of nitrogens with zero attached hydrogens (tertiary/aromatic N) is 4. The van der Waals surface area contributed by atoms with E-state index in [-0.39, 0.29) is 0 Å².